The number of primary amides is 1. The molecule has 132 valence electrons. The Hall–Kier alpha value is -2.37. The lowest BCUT2D eigenvalue weighted by atomic mass is 9.65. The van der Waals surface area contributed by atoms with Gasteiger partial charge in [-0.3, -0.25) is 14.4 Å². The van der Waals surface area contributed by atoms with Crippen LogP contribution in [0.5, 0.6) is 0 Å². The number of carbonyl (C=O) groups excluding carboxylic acids is 3. The molecule has 0 saturated heterocycles. The van der Waals surface area contributed by atoms with Gasteiger partial charge in [0.05, 0.1) is 18.4 Å². The van der Waals surface area contributed by atoms with Gasteiger partial charge >= 0.3 is 5.97 Å². The van der Waals surface area contributed by atoms with Gasteiger partial charge in [-0.1, -0.05) is 12.2 Å². The Bertz CT molecular complexity index is 802. The van der Waals surface area contributed by atoms with Crippen LogP contribution in [-0.4, -0.2) is 24.8 Å². The molecule has 1 aromatic rings. The number of nitrogens with two attached hydrogens (primary N) is 1. The molecular weight excluding hydrogens is 322 g/mol. The molecule has 0 aliphatic heterocycles. The Balaban J connectivity index is 1.80. The zero-order valence-corrected chi connectivity index (χ0v) is 14.3. The standard InChI is InChI=1S/C19H21NO5/c1-10(21)13-5-3-11(25-13)9-19(17(20)23)14-6-4-12(18(14)7-8-18)15(19)16(22)24-2/h3-6,12,14-15H,7-9H2,1-2H3,(H2,20,23)/t12-,14+,15+,19-/m1/s1. The van der Waals surface area contributed by atoms with Crippen LogP contribution < -0.4 is 5.73 Å². The van der Waals surface area contributed by atoms with Crippen molar-refractivity contribution in [2.24, 2.45) is 34.3 Å². The number of rotatable bonds is 5. The molecule has 2 bridgehead atoms. The molecule has 6 nitrogen and oxygen atoms in total. The van der Waals surface area contributed by atoms with Crippen molar-refractivity contribution in [3.05, 3.63) is 35.8 Å². The van der Waals surface area contributed by atoms with Crippen LogP contribution in [0.3, 0.4) is 0 Å². The number of hydrogen-bond donors (Lipinski definition) is 1. The van der Waals surface area contributed by atoms with Crippen molar-refractivity contribution < 1.29 is 23.5 Å². The second-order valence-corrected chi connectivity index (χ2v) is 7.53. The van der Waals surface area contributed by atoms with E-state index >= 15 is 0 Å². The van der Waals surface area contributed by atoms with Crippen LogP contribution in [-0.2, 0) is 20.7 Å². The van der Waals surface area contributed by atoms with E-state index in [2.05, 4.69) is 0 Å². The number of allylic oxidation sites excluding steroid dienone is 2. The highest BCUT2D eigenvalue weighted by molar-refractivity contribution is 5.92. The van der Waals surface area contributed by atoms with E-state index in [1.54, 1.807) is 12.1 Å². The summed E-state index contributed by atoms with van der Waals surface area (Å²) in [5, 5.41) is 0. The lowest BCUT2D eigenvalue weighted by Gasteiger charge is -2.37. The van der Waals surface area contributed by atoms with E-state index < -0.39 is 23.2 Å². The molecule has 0 radical (unpaired) electrons. The first-order valence-electron chi connectivity index (χ1n) is 8.52. The van der Waals surface area contributed by atoms with Crippen molar-refractivity contribution in [3.8, 4) is 0 Å². The van der Waals surface area contributed by atoms with Crippen LogP contribution in [0, 0.1) is 28.6 Å². The van der Waals surface area contributed by atoms with Crippen LogP contribution in [0.25, 0.3) is 0 Å². The van der Waals surface area contributed by atoms with Gasteiger partial charge in [0.1, 0.15) is 5.76 Å². The average Bonchev–Trinajstić information content (AvgIpc) is 2.99. The minimum atomic E-state index is -1.07. The molecule has 3 aliphatic carbocycles. The number of carbonyl (C=O) groups is 3. The SMILES string of the molecule is COC(=O)[C@@H]1[C@H]2C=C[C@@H](C23CC3)[C@@]1(Cc1ccc(C(C)=O)o1)C(N)=O. The Morgan fingerprint density at radius 3 is 2.52 bits per heavy atom. The normalized spacial score (nSPS) is 33.6. The van der Waals surface area contributed by atoms with E-state index in [0.29, 0.717) is 5.76 Å². The molecule has 1 amide bonds. The summed E-state index contributed by atoms with van der Waals surface area (Å²) in [6.07, 6.45) is 6.24. The summed E-state index contributed by atoms with van der Waals surface area (Å²) in [6.45, 7) is 1.42. The number of Topliss-reactive ketones (excluding diaryl/α,β-unsaturated/α-hetero) is 1. The van der Waals surface area contributed by atoms with Crippen LogP contribution in [0.15, 0.2) is 28.7 Å². The molecule has 2 N–H and O–H groups in total. The molecule has 1 aromatic heterocycles. The molecule has 0 aromatic carbocycles. The van der Waals surface area contributed by atoms with Gasteiger partial charge in [0.25, 0.3) is 0 Å². The van der Waals surface area contributed by atoms with Gasteiger partial charge in [0.15, 0.2) is 11.5 Å². The maximum Gasteiger partial charge on any atom is 0.310 e. The largest absolute Gasteiger partial charge is 0.469 e. The number of amides is 1. The summed E-state index contributed by atoms with van der Waals surface area (Å²) >= 11 is 0. The third kappa shape index (κ3) is 1.94. The molecular formula is C19H21NO5. The minimum absolute atomic E-state index is 0.0281. The summed E-state index contributed by atoms with van der Waals surface area (Å²) in [4.78, 5) is 36.8. The number of hydrogen-bond acceptors (Lipinski definition) is 5. The van der Waals surface area contributed by atoms with Crippen molar-refractivity contribution in [3.63, 3.8) is 0 Å². The molecule has 0 unspecified atom stereocenters. The molecule has 1 spiro atoms. The summed E-state index contributed by atoms with van der Waals surface area (Å²) in [6, 6.07) is 3.28. The molecule has 1 heterocycles. The van der Waals surface area contributed by atoms with E-state index in [9.17, 15) is 14.4 Å². The summed E-state index contributed by atoms with van der Waals surface area (Å²) in [5.74, 6) is -1.10. The third-order valence-electron chi connectivity index (χ3n) is 6.48. The second-order valence-electron chi connectivity index (χ2n) is 7.53. The summed E-state index contributed by atoms with van der Waals surface area (Å²) in [5.41, 5.74) is 4.75. The van der Waals surface area contributed by atoms with Gasteiger partial charge < -0.3 is 14.9 Å². The van der Waals surface area contributed by atoms with Crippen molar-refractivity contribution in [1.82, 2.24) is 0 Å². The smallest absolute Gasteiger partial charge is 0.310 e. The molecule has 4 rings (SSSR count). The molecule has 25 heavy (non-hydrogen) atoms. The Kier molecular flexibility index (Phi) is 3.27. The van der Waals surface area contributed by atoms with Gasteiger partial charge in [0, 0.05) is 13.3 Å². The first kappa shape index (κ1) is 16.1. The predicted molar refractivity (Wildman–Crippen MR) is 87.3 cm³/mol. The van der Waals surface area contributed by atoms with E-state index in [0.717, 1.165) is 12.8 Å². The fraction of sp³-hybridized carbons (Fsp3) is 0.526. The van der Waals surface area contributed by atoms with Gasteiger partial charge in [-0.05, 0) is 42.2 Å². The lowest BCUT2D eigenvalue weighted by Crippen LogP contribution is -2.51. The van der Waals surface area contributed by atoms with Gasteiger partial charge in [-0.15, -0.1) is 0 Å². The average molecular weight is 343 g/mol. The van der Waals surface area contributed by atoms with E-state index in [-0.39, 0.29) is 35.2 Å². The fourth-order valence-corrected chi connectivity index (χ4v) is 5.30. The molecule has 4 atom stereocenters. The lowest BCUT2D eigenvalue weighted by molar-refractivity contribution is -0.156. The highest BCUT2D eigenvalue weighted by Crippen LogP contribution is 2.76. The zero-order valence-electron chi connectivity index (χ0n) is 14.3. The van der Waals surface area contributed by atoms with Gasteiger partial charge in [-0.25, -0.2) is 0 Å². The minimum Gasteiger partial charge on any atom is -0.469 e. The third-order valence-corrected chi connectivity index (χ3v) is 6.48. The first-order chi connectivity index (χ1) is 11.9. The zero-order chi connectivity index (χ0) is 18.0. The number of esters is 1. The molecule has 2 saturated carbocycles. The predicted octanol–water partition coefficient (Wildman–Crippen LogP) is 1.88. The van der Waals surface area contributed by atoms with Crippen molar-refractivity contribution in [2.45, 2.75) is 26.2 Å². The topological polar surface area (TPSA) is 99.6 Å². The van der Waals surface area contributed by atoms with E-state index in [1.165, 1.54) is 14.0 Å². The number of furan rings is 1. The van der Waals surface area contributed by atoms with Gasteiger partial charge in [0.2, 0.25) is 5.91 Å². The molecule has 6 heteroatoms. The summed E-state index contributed by atoms with van der Waals surface area (Å²) in [7, 11) is 1.34. The van der Waals surface area contributed by atoms with Crippen molar-refractivity contribution >= 4 is 17.7 Å². The monoisotopic (exact) mass is 343 g/mol. The number of methoxy groups -OCH3 is 1. The Morgan fingerprint density at radius 1 is 1.28 bits per heavy atom. The quantitative estimate of drug-likeness (QED) is 0.500. The second kappa shape index (κ2) is 5.07. The number of ketones is 1. The van der Waals surface area contributed by atoms with E-state index in [4.69, 9.17) is 14.9 Å². The van der Waals surface area contributed by atoms with Gasteiger partial charge in [-0.2, -0.15) is 0 Å². The fourth-order valence-electron chi connectivity index (χ4n) is 5.30. The molecule has 3 aliphatic rings. The van der Waals surface area contributed by atoms with E-state index in [1.807, 2.05) is 12.2 Å². The highest BCUT2D eigenvalue weighted by atomic mass is 16.5. The van der Waals surface area contributed by atoms with Crippen molar-refractivity contribution in [2.75, 3.05) is 7.11 Å². The highest BCUT2D eigenvalue weighted by Gasteiger charge is 2.76. The summed E-state index contributed by atoms with van der Waals surface area (Å²) < 4.78 is 10.6. The van der Waals surface area contributed by atoms with Crippen LogP contribution in [0.2, 0.25) is 0 Å². The first-order valence-corrected chi connectivity index (χ1v) is 8.52. The van der Waals surface area contributed by atoms with Crippen molar-refractivity contribution in [1.29, 1.82) is 0 Å². The van der Waals surface area contributed by atoms with Crippen LogP contribution in [0.1, 0.15) is 36.1 Å². The van der Waals surface area contributed by atoms with Crippen LogP contribution in [0.4, 0.5) is 0 Å². The Morgan fingerprint density at radius 2 is 2.00 bits per heavy atom. The van der Waals surface area contributed by atoms with Crippen LogP contribution >= 0.6 is 0 Å². The maximum atomic E-state index is 12.7. The maximum absolute atomic E-state index is 12.7. The Labute approximate surface area is 145 Å². The molecule has 2 fully saturated rings. The number of ether oxygens (including phenoxy) is 1.